The van der Waals surface area contributed by atoms with Gasteiger partial charge in [0.2, 0.25) is 0 Å². The number of nitrogens with one attached hydrogen (secondary N) is 1. The van der Waals surface area contributed by atoms with Crippen LogP contribution in [0, 0.1) is 17.3 Å². The Morgan fingerprint density at radius 1 is 1.17 bits per heavy atom. The highest BCUT2D eigenvalue weighted by atomic mass is 15.2. The normalized spacial score (nSPS) is 34.0. The van der Waals surface area contributed by atoms with Gasteiger partial charge in [-0.25, -0.2) is 0 Å². The molecule has 0 amide bonds. The monoisotopic (exact) mass is 252 g/mol. The van der Waals surface area contributed by atoms with Crippen molar-refractivity contribution >= 4 is 0 Å². The molecule has 0 radical (unpaired) electrons. The maximum absolute atomic E-state index is 3.62. The van der Waals surface area contributed by atoms with Gasteiger partial charge >= 0.3 is 0 Å². The highest BCUT2D eigenvalue weighted by Gasteiger charge is 2.40. The van der Waals surface area contributed by atoms with Gasteiger partial charge in [0.1, 0.15) is 0 Å². The van der Waals surface area contributed by atoms with Crippen LogP contribution in [0.4, 0.5) is 0 Å². The first-order chi connectivity index (χ1) is 8.38. The van der Waals surface area contributed by atoms with Crippen LogP contribution in [0.3, 0.4) is 0 Å². The van der Waals surface area contributed by atoms with Gasteiger partial charge in [0.25, 0.3) is 0 Å². The van der Waals surface area contributed by atoms with Crippen molar-refractivity contribution in [2.45, 2.75) is 66.0 Å². The first-order valence-electron chi connectivity index (χ1n) is 7.85. The molecule has 2 nitrogen and oxygen atoms in total. The molecule has 0 aromatic carbocycles. The van der Waals surface area contributed by atoms with E-state index in [0.29, 0.717) is 11.5 Å². The van der Waals surface area contributed by atoms with E-state index in [1.807, 2.05) is 0 Å². The minimum absolute atomic E-state index is 0.490. The van der Waals surface area contributed by atoms with E-state index in [2.05, 4.69) is 44.8 Å². The number of hydrogen-bond donors (Lipinski definition) is 1. The average Bonchev–Trinajstić information content (AvgIpc) is 2.64. The van der Waals surface area contributed by atoms with Crippen LogP contribution in [-0.2, 0) is 0 Å². The quantitative estimate of drug-likeness (QED) is 0.827. The maximum atomic E-state index is 3.62. The van der Waals surface area contributed by atoms with E-state index in [1.54, 1.807) is 0 Å². The summed E-state index contributed by atoms with van der Waals surface area (Å²) in [6.45, 7) is 15.6. The van der Waals surface area contributed by atoms with Crippen molar-refractivity contribution in [1.82, 2.24) is 10.2 Å². The molecule has 0 spiro atoms. The molecular formula is C16H32N2. The molecule has 2 rings (SSSR count). The van der Waals surface area contributed by atoms with E-state index >= 15 is 0 Å². The zero-order valence-corrected chi connectivity index (χ0v) is 13.0. The number of hydrogen-bond acceptors (Lipinski definition) is 2. The van der Waals surface area contributed by atoms with Gasteiger partial charge in [0.15, 0.2) is 0 Å². The summed E-state index contributed by atoms with van der Waals surface area (Å²) >= 11 is 0. The molecule has 0 aromatic rings. The molecule has 1 aliphatic heterocycles. The molecule has 0 bridgehead atoms. The van der Waals surface area contributed by atoms with Crippen LogP contribution in [0.25, 0.3) is 0 Å². The van der Waals surface area contributed by atoms with Crippen molar-refractivity contribution in [3.05, 3.63) is 0 Å². The first kappa shape index (κ1) is 14.3. The van der Waals surface area contributed by atoms with Gasteiger partial charge in [-0.3, -0.25) is 4.90 Å². The van der Waals surface area contributed by atoms with Crippen LogP contribution in [0.15, 0.2) is 0 Å². The standard InChI is InChI=1S/C16H32N2/c1-12(2)17-10-13-6-7-15(13)18-9-8-14(11-18)16(3,4)5/h12-15,17H,6-11H2,1-5H3. The Kier molecular flexibility index (Phi) is 4.38. The summed E-state index contributed by atoms with van der Waals surface area (Å²) in [6, 6.07) is 1.51. The lowest BCUT2D eigenvalue weighted by molar-refractivity contribution is 0.0716. The zero-order chi connectivity index (χ0) is 13.3. The molecule has 1 saturated carbocycles. The van der Waals surface area contributed by atoms with Gasteiger partial charge in [0.05, 0.1) is 0 Å². The Labute approximate surface area is 114 Å². The minimum Gasteiger partial charge on any atom is -0.314 e. The molecule has 1 aliphatic carbocycles. The molecular weight excluding hydrogens is 220 g/mol. The van der Waals surface area contributed by atoms with Gasteiger partial charge in [-0.2, -0.15) is 0 Å². The Morgan fingerprint density at radius 3 is 2.33 bits per heavy atom. The molecule has 18 heavy (non-hydrogen) atoms. The van der Waals surface area contributed by atoms with Crippen LogP contribution in [-0.4, -0.2) is 36.6 Å². The van der Waals surface area contributed by atoms with E-state index in [-0.39, 0.29) is 0 Å². The molecule has 3 atom stereocenters. The second-order valence-corrected chi connectivity index (χ2v) is 7.81. The van der Waals surface area contributed by atoms with Crippen molar-refractivity contribution in [2.24, 2.45) is 17.3 Å². The van der Waals surface area contributed by atoms with Crippen molar-refractivity contribution in [1.29, 1.82) is 0 Å². The number of likely N-dealkylation sites (tertiary alicyclic amines) is 1. The smallest absolute Gasteiger partial charge is 0.0136 e. The van der Waals surface area contributed by atoms with E-state index in [9.17, 15) is 0 Å². The summed E-state index contributed by atoms with van der Waals surface area (Å²) in [5.41, 5.74) is 0.490. The van der Waals surface area contributed by atoms with Crippen LogP contribution >= 0.6 is 0 Å². The van der Waals surface area contributed by atoms with E-state index in [1.165, 1.54) is 38.9 Å². The summed E-state index contributed by atoms with van der Waals surface area (Å²) in [6.07, 6.45) is 4.27. The molecule has 1 N–H and O–H groups in total. The fourth-order valence-corrected chi connectivity index (χ4v) is 3.45. The fraction of sp³-hybridized carbons (Fsp3) is 1.00. The van der Waals surface area contributed by atoms with E-state index in [4.69, 9.17) is 0 Å². The third-order valence-electron chi connectivity index (χ3n) is 5.08. The summed E-state index contributed by atoms with van der Waals surface area (Å²) in [4.78, 5) is 2.78. The average molecular weight is 252 g/mol. The highest BCUT2D eigenvalue weighted by Crippen LogP contribution is 2.39. The van der Waals surface area contributed by atoms with Crippen molar-refractivity contribution in [3.8, 4) is 0 Å². The Bertz CT molecular complexity index is 267. The van der Waals surface area contributed by atoms with Crippen molar-refractivity contribution in [3.63, 3.8) is 0 Å². The molecule has 3 unspecified atom stereocenters. The van der Waals surface area contributed by atoms with Crippen molar-refractivity contribution < 1.29 is 0 Å². The topological polar surface area (TPSA) is 15.3 Å². The first-order valence-corrected chi connectivity index (χ1v) is 7.85. The SMILES string of the molecule is CC(C)NCC1CCC1N1CCC(C(C)(C)C)C1. The predicted octanol–water partition coefficient (Wildman–Crippen LogP) is 3.13. The highest BCUT2D eigenvalue weighted by molar-refractivity contribution is 4.95. The Balaban J connectivity index is 1.79. The number of rotatable bonds is 4. The fourth-order valence-electron chi connectivity index (χ4n) is 3.45. The lowest BCUT2D eigenvalue weighted by Crippen LogP contribution is -2.50. The lowest BCUT2D eigenvalue weighted by Gasteiger charge is -2.43. The molecule has 106 valence electrons. The molecule has 2 fully saturated rings. The van der Waals surface area contributed by atoms with Crippen molar-refractivity contribution in [2.75, 3.05) is 19.6 Å². The maximum Gasteiger partial charge on any atom is 0.0136 e. The van der Waals surface area contributed by atoms with Gasteiger partial charge in [-0.1, -0.05) is 34.6 Å². The molecule has 0 aromatic heterocycles. The summed E-state index contributed by atoms with van der Waals surface area (Å²) in [7, 11) is 0. The van der Waals surface area contributed by atoms with E-state index in [0.717, 1.165) is 17.9 Å². The van der Waals surface area contributed by atoms with Gasteiger partial charge in [0, 0.05) is 18.6 Å². The third kappa shape index (κ3) is 3.27. The lowest BCUT2D eigenvalue weighted by atomic mass is 9.77. The van der Waals surface area contributed by atoms with Crippen LogP contribution in [0.2, 0.25) is 0 Å². The van der Waals surface area contributed by atoms with Crippen LogP contribution in [0.1, 0.15) is 53.9 Å². The third-order valence-corrected chi connectivity index (χ3v) is 5.08. The minimum atomic E-state index is 0.490. The number of nitrogens with zero attached hydrogens (tertiary/aromatic N) is 1. The Hall–Kier alpha value is -0.0800. The van der Waals surface area contributed by atoms with Gasteiger partial charge in [-0.15, -0.1) is 0 Å². The van der Waals surface area contributed by atoms with E-state index < -0.39 is 0 Å². The van der Waals surface area contributed by atoms with Gasteiger partial charge < -0.3 is 5.32 Å². The van der Waals surface area contributed by atoms with Crippen LogP contribution < -0.4 is 5.32 Å². The summed E-state index contributed by atoms with van der Waals surface area (Å²) < 4.78 is 0. The predicted molar refractivity (Wildman–Crippen MR) is 78.8 cm³/mol. The van der Waals surface area contributed by atoms with Crippen LogP contribution in [0.5, 0.6) is 0 Å². The molecule has 1 saturated heterocycles. The molecule has 2 aliphatic rings. The summed E-state index contributed by atoms with van der Waals surface area (Å²) in [5.74, 6) is 1.81. The zero-order valence-electron chi connectivity index (χ0n) is 13.0. The molecule has 2 heteroatoms. The largest absolute Gasteiger partial charge is 0.314 e. The second kappa shape index (κ2) is 5.50. The molecule has 1 heterocycles. The second-order valence-electron chi connectivity index (χ2n) is 7.81. The summed E-state index contributed by atoms with van der Waals surface area (Å²) in [5, 5.41) is 3.62. The van der Waals surface area contributed by atoms with Gasteiger partial charge in [-0.05, 0) is 49.6 Å². The Morgan fingerprint density at radius 2 is 1.89 bits per heavy atom.